The number of fused-ring (bicyclic) bond motifs is 1. The van der Waals surface area contributed by atoms with Crippen molar-refractivity contribution >= 4 is 22.8 Å². The lowest BCUT2D eigenvalue weighted by Gasteiger charge is -2.20. The molecule has 0 aliphatic heterocycles. The average molecular weight is 275 g/mol. The molecule has 20 heavy (non-hydrogen) atoms. The third-order valence-corrected chi connectivity index (χ3v) is 2.51. The van der Waals surface area contributed by atoms with Crippen LogP contribution in [0.15, 0.2) is 24.3 Å². The monoisotopic (exact) mass is 275 g/mol. The first kappa shape index (κ1) is 14.0. The number of esters is 1. The van der Waals surface area contributed by atoms with Gasteiger partial charge in [-0.15, -0.1) is 0 Å². The van der Waals surface area contributed by atoms with Crippen LogP contribution in [0.1, 0.15) is 31.3 Å². The van der Waals surface area contributed by atoms with Crippen molar-refractivity contribution in [3.05, 3.63) is 30.0 Å². The maximum atomic E-state index is 11.9. The van der Waals surface area contributed by atoms with Gasteiger partial charge in [0.1, 0.15) is 0 Å². The van der Waals surface area contributed by atoms with E-state index in [1.165, 1.54) is 0 Å². The summed E-state index contributed by atoms with van der Waals surface area (Å²) in [5.74, 6) is -0.961. The highest BCUT2D eigenvalue weighted by Crippen LogP contribution is 2.15. The molecule has 0 saturated carbocycles. The minimum absolute atomic E-state index is 0.184. The van der Waals surface area contributed by atoms with E-state index in [1.807, 2.05) is 32.9 Å². The highest BCUT2D eigenvalue weighted by atomic mass is 16.5. The molecule has 0 radical (unpaired) electrons. The van der Waals surface area contributed by atoms with Crippen LogP contribution in [0, 0.1) is 0 Å². The van der Waals surface area contributed by atoms with Crippen LogP contribution in [0.5, 0.6) is 0 Å². The Balaban J connectivity index is 2.01. The van der Waals surface area contributed by atoms with Gasteiger partial charge in [0.15, 0.2) is 12.3 Å². The molecule has 6 nitrogen and oxygen atoms in total. The molecule has 1 heterocycles. The highest BCUT2D eigenvalue weighted by Gasteiger charge is 2.18. The number of amides is 1. The van der Waals surface area contributed by atoms with Crippen molar-refractivity contribution in [2.75, 3.05) is 6.61 Å². The van der Waals surface area contributed by atoms with Gasteiger partial charge in [-0.1, -0.05) is 18.2 Å². The molecule has 1 aromatic heterocycles. The van der Waals surface area contributed by atoms with Crippen molar-refractivity contribution in [3.63, 3.8) is 0 Å². The molecule has 1 amide bonds. The van der Waals surface area contributed by atoms with Gasteiger partial charge < -0.3 is 10.1 Å². The number of aromatic nitrogens is 2. The molecule has 2 N–H and O–H groups in total. The van der Waals surface area contributed by atoms with E-state index in [2.05, 4.69) is 15.5 Å². The van der Waals surface area contributed by atoms with Crippen molar-refractivity contribution in [3.8, 4) is 0 Å². The van der Waals surface area contributed by atoms with E-state index < -0.39 is 5.97 Å². The molecule has 0 aliphatic carbocycles. The third-order valence-electron chi connectivity index (χ3n) is 2.51. The summed E-state index contributed by atoms with van der Waals surface area (Å²) in [6.45, 7) is 5.24. The van der Waals surface area contributed by atoms with Crippen LogP contribution in [0.2, 0.25) is 0 Å². The molecule has 1 aromatic carbocycles. The Morgan fingerprint density at radius 2 is 2.00 bits per heavy atom. The van der Waals surface area contributed by atoms with Crippen LogP contribution in [0.3, 0.4) is 0 Å². The number of nitrogens with one attached hydrogen (secondary N) is 2. The number of H-pyrrole nitrogens is 1. The number of nitrogens with zero attached hydrogens (tertiary/aromatic N) is 1. The van der Waals surface area contributed by atoms with Crippen molar-refractivity contribution in [1.82, 2.24) is 15.5 Å². The largest absolute Gasteiger partial charge is 0.451 e. The topological polar surface area (TPSA) is 84.1 Å². The van der Waals surface area contributed by atoms with Crippen molar-refractivity contribution in [1.29, 1.82) is 0 Å². The predicted octanol–water partition coefficient (Wildman–Crippen LogP) is 1.63. The lowest BCUT2D eigenvalue weighted by molar-refractivity contribution is -0.125. The minimum Gasteiger partial charge on any atom is -0.451 e. The number of carbonyl (C=O) groups excluding carboxylic acids is 2. The first-order valence-corrected chi connectivity index (χ1v) is 6.28. The van der Waals surface area contributed by atoms with E-state index in [-0.39, 0.29) is 23.7 Å². The number of rotatable bonds is 3. The Morgan fingerprint density at radius 1 is 1.30 bits per heavy atom. The number of benzene rings is 1. The highest BCUT2D eigenvalue weighted by molar-refractivity contribution is 6.02. The second-order valence-electron chi connectivity index (χ2n) is 5.49. The van der Waals surface area contributed by atoms with E-state index in [9.17, 15) is 9.59 Å². The smallest absolute Gasteiger partial charge is 0.359 e. The summed E-state index contributed by atoms with van der Waals surface area (Å²) in [6, 6.07) is 7.23. The van der Waals surface area contributed by atoms with E-state index in [1.54, 1.807) is 12.1 Å². The summed E-state index contributed by atoms with van der Waals surface area (Å²) < 4.78 is 4.97. The molecule has 106 valence electrons. The molecule has 0 spiro atoms. The van der Waals surface area contributed by atoms with Gasteiger partial charge >= 0.3 is 5.97 Å². The van der Waals surface area contributed by atoms with Gasteiger partial charge in [0.2, 0.25) is 0 Å². The molecule has 6 heteroatoms. The van der Waals surface area contributed by atoms with Gasteiger partial charge in [-0.2, -0.15) is 5.10 Å². The summed E-state index contributed by atoms with van der Waals surface area (Å²) in [6.07, 6.45) is 0. The molecule has 0 saturated heterocycles. The first-order chi connectivity index (χ1) is 9.37. The molecular weight excluding hydrogens is 258 g/mol. The molecule has 0 aliphatic rings. The predicted molar refractivity (Wildman–Crippen MR) is 74.3 cm³/mol. The van der Waals surface area contributed by atoms with Crippen LogP contribution in [-0.4, -0.2) is 34.2 Å². The van der Waals surface area contributed by atoms with Gasteiger partial charge in [-0.05, 0) is 26.8 Å². The average Bonchev–Trinajstić information content (AvgIpc) is 2.78. The van der Waals surface area contributed by atoms with Crippen molar-refractivity contribution in [2.45, 2.75) is 26.3 Å². The van der Waals surface area contributed by atoms with Crippen LogP contribution in [0.4, 0.5) is 0 Å². The maximum Gasteiger partial charge on any atom is 0.359 e. The van der Waals surface area contributed by atoms with Crippen molar-refractivity contribution < 1.29 is 14.3 Å². The zero-order chi connectivity index (χ0) is 14.8. The summed E-state index contributed by atoms with van der Waals surface area (Å²) >= 11 is 0. The number of aromatic amines is 1. The lowest BCUT2D eigenvalue weighted by Crippen LogP contribution is -2.42. The van der Waals surface area contributed by atoms with E-state index in [0.717, 1.165) is 5.52 Å². The van der Waals surface area contributed by atoms with E-state index in [0.29, 0.717) is 5.39 Å². The number of ether oxygens (including phenoxy) is 1. The molecule has 0 bridgehead atoms. The molecule has 0 atom stereocenters. The molecule has 2 rings (SSSR count). The standard InChI is InChI=1S/C14H17N3O3/c1-14(2,3)15-11(18)8-20-13(19)12-9-6-4-5-7-10(9)16-17-12/h4-7H,8H2,1-3H3,(H,15,18)(H,16,17). The zero-order valence-electron chi connectivity index (χ0n) is 11.7. The Hall–Kier alpha value is -2.37. The summed E-state index contributed by atoms with van der Waals surface area (Å²) in [4.78, 5) is 23.5. The molecule has 0 fully saturated rings. The second-order valence-corrected chi connectivity index (χ2v) is 5.49. The van der Waals surface area contributed by atoms with Gasteiger partial charge in [-0.25, -0.2) is 4.79 Å². The van der Waals surface area contributed by atoms with E-state index in [4.69, 9.17) is 4.74 Å². The van der Waals surface area contributed by atoms with Gasteiger partial charge in [0, 0.05) is 10.9 Å². The van der Waals surface area contributed by atoms with Crippen molar-refractivity contribution in [2.24, 2.45) is 0 Å². The Morgan fingerprint density at radius 3 is 2.70 bits per heavy atom. The number of hydrogen-bond donors (Lipinski definition) is 2. The van der Waals surface area contributed by atoms with Gasteiger partial charge in [-0.3, -0.25) is 9.89 Å². The zero-order valence-corrected chi connectivity index (χ0v) is 11.7. The third kappa shape index (κ3) is 3.34. The van der Waals surface area contributed by atoms with Crippen LogP contribution >= 0.6 is 0 Å². The minimum atomic E-state index is -0.619. The molecule has 2 aromatic rings. The quantitative estimate of drug-likeness (QED) is 0.834. The molecule has 0 unspecified atom stereocenters. The normalized spacial score (nSPS) is 11.3. The first-order valence-electron chi connectivity index (χ1n) is 6.28. The van der Waals surface area contributed by atoms with Gasteiger partial charge in [0.05, 0.1) is 5.52 Å². The Bertz CT molecular complexity index is 640. The summed E-state index contributed by atoms with van der Waals surface area (Å²) in [5, 5.41) is 10.0. The van der Waals surface area contributed by atoms with Crippen LogP contribution in [-0.2, 0) is 9.53 Å². The Labute approximate surface area is 116 Å². The van der Waals surface area contributed by atoms with Crippen LogP contribution < -0.4 is 5.32 Å². The number of hydrogen-bond acceptors (Lipinski definition) is 4. The summed E-state index contributed by atoms with van der Waals surface area (Å²) in [5.41, 5.74) is 0.574. The summed E-state index contributed by atoms with van der Waals surface area (Å²) in [7, 11) is 0. The Kier molecular flexibility index (Phi) is 3.74. The maximum absolute atomic E-state index is 11.9. The number of para-hydroxylation sites is 1. The number of carbonyl (C=O) groups is 2. The van der Waals surface area contributed by atoms with Gasteiger partial charge in [0.25, 0.3) is 5.91 Å². The lowest BCUT2D eigenvalue weighted by atomic mass is 10.1. The fraction of sp³-hybridized carbons (Fsp3) is 0.357. The molecular formula is C14H17N3O3. The van der Waals surface area contributed by atoms with E-state index >= 15 is 0 Å². The second kappa shape index (κ2) is 5.32. The fourth-order valence-electron chi connectivity index (χ4n) is 1.77. The SMILES string of the molecule is CC(C)(C)NC(=O)COC(=O)c1n[nH]c2ccccc12. The van der Waals surface area contributed by atoms with Crippen LogP contribution in [0.25, 0.3) is 10.9 Å². The fourth-order valence-corrected chi connectivity index (χ4v) is 1.77.